The number of aromatic nitrogens is 4. The molecule has 0 unspecified atom stereocenters. The van der Waals surface area contributed by atoms with Crippen LogP contribution in [0.5, 0.6) is 0 Å². The van der Waals surface area contributed by atoms with Crippen molar-refractivity contribution in [3.63, 3.8) is 0 Å². The SMILES string of the molecule is c1ccc([C@H](c2nnnn2Cc2cccs2)[NH+]2CC[NH+](c3ccccc3)CC2)cc1. The van der Waals surface area contributed by atoms with Gasteiger partial charge >= 0.3 is 0 Å². The minimum Gasteiger partial charge on any atom is -0.313 e. The van der Waals surface area contributed by atoms with E-state index in [1.807, 2.05) is 4.68 Å². The van der Waals surface area contributed by atoms with Crippen molar-refractivity contribution in [1.82, 2.24) is 20.2 Å². The molecule has 4 aromatic rings. The second-order valence-electron chi connectivity index (χ2n) is 7.75. The molecule has 0 saturated carbocycles. The first-order valence-corrected chi connectivity index (χ1v) is 11.3. The number of nitrogens with one attached hydrogen (secondary N) is 2. The highest BCUT2D eigenvalue weighted by molar-refractivity contribution is 7.09. The molecule has 0 aliphatic carbocycles. The van der Waals surface area contributed by atoms with Crippen LogP contribution in [-0.2, 0) is 6.54 Å². The predicted molar refractivity (Wildman–Crippen MR) is 117 cm³/mol. The number of para-hydroxylation sites is 1. The lowest BCUT2D eigenvalue weighted by molar-refractivity contribution is -1.00. The van der Waals surface area contributed by atoms with Crippen LogP contribution in [0.25, 0.3) is 0 Å². The fraction of sp³-hybridized carbons (Fsp3) is 0.261. The summed E-state index contributed by atoms with van der Waals surface area (Å²) in [7, 11) is 0. The van der Waals surface area contributed by atoms with E-state index in [2.05, 4.69) is 93.7 Å². The number of piperazine rings is 1. The van der Waals surface area contributed by atoms with Gasteiger partial charge in [0.25, 0.3) is 0 Å². The van der Waals surface area contributed by atoms with Gasteiger partial charge in [-0.05, 0) is 34.0 Å². The second-order valence-corrected chi connectivity index (χ2v) is 8.78. The second kappa shape index (κ2) is 8.87. The van der Waals surface area contributed by atoms with E-state index in [-0.39, 0.29) is 6.04 Å². The summed E-state index contributed by atoms with van der Waals surface area (Å²) >= 11 is 1.74. The summed E-state index contributed by atoms with van der Waals surface area (Å²) < 4.78 is 1.98. The van der Waals surface area contributed by atoms with Crippen molar-refractivity contribution in [2.45, 2.75) is 12.6 Å². The number of benzene rings is 2. The highest BCUT2D eigenvalue weighted by Crippen LogP contribution is 2.19. The normalized spacial score (nSPS) is 20.1. The summed E-state index contributed by atoms with van der Waals surface area (Å²) in [5, 5.41) is 15.0. The highest BCUT2D eigenvalue weighted by Gasteiger charge is 2.35. The van der Waals surface area contributed by atoms with Crippen molar-refractivity contribution in [3.8, 4) is 0 Å². The summed E-state index contributed by atoms with van der Waals surface area (Å²) in [5.74, 6) is 0.952. The zero-order chi connectivity index (χ0) is 20.2. The van der Waals surface area contributed by atoms with E-state index >= 15 is 0 Å². The Morgan fingerprint density at radius 3 is 2.30 bits per heavy atom. The Morgan fingerprint density at radius 1 is 0.867 bits per heavy atom. The molecule has 30 heavy (non-hydrogen) atoms. The molecule has 0 spiro atoms. The third-order valence-corrected chi connectivity index (χ3v) is 6.78. The zero-order valence-electron chi connectivity index (χ0n) is 16.8. The number of tetrazole rings is 1. The van der Waals surface area contributed by atoms with Gasteiger partial charge in [-0.15, -0.1) is 16.4 Å². The average molecular weight is 419 g/mol. The van der Waals surface area contributed by atoms with Gasteiger partial charge in [0.1, 0.15) is 31.9 Å². The molecule has 0 bridgehead atoms. The van der Waals surface area contributed by atoms with Gasteiger partial charge in [0.2, 0.25) is 5.82 Å². The maximum atomic E-state index is 4.50. The fourth-order valence-electron chi connectivity index (χ4n) is 4.42. The molecule has 1 aliphatic rings. The summed E-state index contributed by atoms with van der Waals surface area (Å²) in [6.45, 7) is 5.09. The Bertz CT molecular complexity index is 1040. The molecule has 6 nitrogen and oxygen atoms in total. The molecule has 2 N–H and O–H groups in total. The van der Waals surface area contributed by atoms with Crippen molar-refractivity contribution >= 4 is 17.0 Å². The first kappa shape index (κ1) is 19.1. The van der Waals surface area contributed by atoms with Crippen molar-refractivity contribution < 1.29 is 9.80 Å². The predicted octanol–water partition coefficient (Wildman–Crippen LogP) is 0.987. The Kier molecular flexibility index (Phi) is 5.65. The maximum absolute atomic E-state index is 4.50. The Labute approximate surface area is 180 Å². The van der Waals surface area contributed by atoms with Crippen molar-refractivity contribution in [1.29, 1.82) is 0 Å². The summed E-state index contributed by atoms with van der Waals surface area (Å²) in [5.41, 5.74) is 2.66. The number of hydrogen-bond acceptors (Lipinski definition) is 4. The lowest BCUT2D eigenvalue weighted by Gasteiger charge is -2.34. The highest BCUT2D eigenvalue weighted by atomic mass is 32.1. The van der Waals surface area contributed by atoms with Gasteiger partial charge in [-0.25, -0.2) is 4.68 Å². The van der Waals surface area contributed by atoms with Crippen LogP contribution in [-0.4, -0.2) is 46.4 Å². The van der Waals surface area contributed by atoms with Crippen molar-refractivity contribution in [3.05, 3.63) is 94.4 Å². The van der Waals surface area contributed by atoms with Gasteiger partial charge in [-0.1, -0.05) is 54.6 Å². The zero-order valence-corrected chi connectivity index (χ0v) is 17.6. The van der Waals surface area contributed by atoms with Gasteiger partial charge in [0.05, 0.1) is 6.54 Å². The molecule has 0 amide bonds. The number of nitrogens with zero attached hydrogens (tertiary/aromatic N) is 4. The van der Waals surface area contributed by atoms with E-state index in [9.17, 15) is 0 Å². The van der Waals surface area contributed by atoms with Gasteiger partial charge in [-0.2, -0.15) is 0 Å². The first-order chi connectivity index (χ1) is 14.9. The number of rotatable bonds is 6. The van der Waals surface area contributed by atoms with Gasteiger partial charge in [0.15, 0.2) is 6.04 Å². The van der Waals surface area contributed by atoms with Gasteiger partial charge in [0, 0.05) is 10.4 Å². The minimum atomic E-state index is 0.137. The van der Waals surface area contributed by atoms with Crippen LogP contribution in [0.15, 0.2) is 78.2 Å². The molecule has 3 heterocycles. The molecule has 1 aliphatic heterocycles. The number of quaternary nitrogens is 2. The van der Waals surface area contributed by atoms with E-state index in [4.69, 9.17) is 0 Å². The van der Waals surface area contributed by atoms with Crippen LogP contribution in [0.3, 0.4) is 0 Å². The summed E-state index contributed by atoms with van der Waals surface area (Å²) in [6, 6.07) is 25.9. The van der Waals surface area contributed by atoms with E-state index in [1.165, 1.54) is 21.0 Å². The average Bonchev–Trinajstić information content (AvgIpc) is 3.49. The van der Waals surface area contributed by atoms with Crippen molar-refractivity contribution in [2.75, 3.05) is 26.2 Å². The summed E-state index contributed by atoms with van der Waals surface area (Å²) in [6.07, 6.45) is 0. The molecule has 2 aromatic heterocycles. The largest absolute Gasteiger partial charge is 0.313 e. The third kappa shape index (κ3) is 4.05. The smallest absolute Gasteiger partial charge is 0.214 e. The van der Waals surface area contributed by atoms with Crippen LogP contribution in [0.4, 0.5) is 5.69 Å². The van der Waals surface area contributed by atoms with E-state index in [0.29, 0.717) is 0 Å². The van der Waals surface area contributed by atoms with Crippen LogP contribution >= 0.6 is 11.3 Å². The Balaban J connectivity index is 1.41. The third-order valence-electron chi connectivity index (χ3n) is 5.92. The lowest BCUT2D eigenvalue weighted by atomic mass is 10.0. The monoisotopic (exact) mass is 418 g/mol. The van der Waals surface area contributed by atoms with Crippen molar-refractivity contribution in [2.24, 2.45) is 0 Å². The van der Waals surface area contributed by atoms with Crippen LogP contribution in [0.2, 0.25) is 0 Å². The number of thiophene rings is 1. The minimum absolute atomic E-state index is 0.137. The Morgan fingerprint density at radius 2 is 1.60 bits per heavy atom. The quantitative estimate of drug-likeness (QED) is 0.491. The number of hydrogen-bond donors (Lipinski definition) is 2. The maximum Gasteiger partial charge on any atom is 0.214 e. The van der Waals surface area contributed by atoms with E-state index < -0.39 is 0 Å². The molecule has 1 fully saturated rings. The standard InChI is InChI=1S/C23H24N6S/c1-3-8-19(9-4-1)22(23-24-25-26-29(23)18-21-12-7-17-30-21)28-15-13-27(14-16-28)20-10-5-2-6-11-20/h1-12,17,22H,13-16,18H2/p+2/t22-/m1/s1. The molecular weight excluding hydrogens is 392 g/mol. The molecule has 5 rings (SSSR count). The molecule has 2 aromatic carbocycles. The molecule has 1 saturated heterocycles. The topological polar surface area (TPSA) is 52.5 Å². The fourth-order valence-corrected chi connectivity index (χ4v) is 5.10. The van der Waals surface area contributed by atoms with Crippen LogP contribution in [0.1, 0.15) is 22.3 Å². The van der Waals surface area contributed by atoms with E-state index in [0.717, 1.165) is 38.5 Å². The van der Waals surface area contributed by atoms with Gasteiger partial charge < -0.3 is 4.90 Å². The van der Waals surface area contributed by atoms with Crippen LogP contribution < -0.4 is 9.80 Å². The Hall–Kier alpha value is -2.87. The molecule has 7 heteroatoms. The lowest BCUT2D eigenvalue weighted by Crippen LogP contribution is -3.26. The van der Waals surface area contributed by atoms with Gasteiger partial charge in [-0.3, -0.25) is 4.90 Å². The summed E-state index contributed by atoms with van der Waals surface area (Å²) in [4.78, 5) is 4.36. The molecule has 0 radical (unpaired) electrons. The molecule has 152 valence electrons. The molecule has 1 atom stereocenters. The first-order valence-electron chi connectivity index (χ1n) is 10.5. The molecular formula is C23H26N6S+2. The van der Waals surface area contributed by atoms with E-state index in [1.54, 1.807) is 16.2 Å². The van der Waals surface area contributed by atoms with Crippen LogP contribution in [0, 0.1) is 0 Å².